The first kappa shape index (κ1) is 23.5. The molecule has 1 aromatic carbocycles. The van der Waals surface area contributed by atoms with Crippen molar-refractivity contribution in [2.75, 3.05) is 52.5 Å². The largest absolute Gasteiger partial charge is 0.379 e. The molecule has 2 rings (SSSR count). The molecule has 0 radical (unpaired) electrons. The zero-order chi connectivity index (χ0) is 18.1. The average Bonchev–Trinajstić information content (AvgIpc) is 2.61. The van der Waals surface area contributed by atoms with Crippen LogP contribution in [0.3, 0.4) is 0 Å². The molecule has 0 aliphatic carbocycles. The highest BCUT2D eigenvalue weighted by molar-refractivity contribution is 14.0. The van der Waals surface area contributed by atoms with Gasteiger partial charge in [-0.2, -0.15) is 0 Å². The van der Waals surface area contributed by atoms with Crippen LogP contribution in [0.5, 0.6) is 0 Å². The van der Waals surface area contributed by atoms with E-state index in [0.717, 1.165) is 62.5 Å². The fourth-order valence-corrected chi connectivity index (χ4v) is 3.26. The number of hydrogen-bond acceptors (Lipinski definition) is 3. The van der Waals surface area contributed by atoms with Crippen molar-refractivity contribution in [2.24, 2.45) is 4.99 Å². The van der Waals surface area contributed by atoms with Gasteiger partial charge in [0.25, 0.3) is 0 Å². The number of rotatable bonds is 7. The number of hydrogen-bond donors (Lipinski definition) is 2. The molecule has 0 amide bonds. The first-order valence-electron chi connectivity index (χ1n) is 9.10. The number of benzene rings is 1. The number of ether oxygens (including phenoxy) is 1. The molecular formula is C19H32ClIN4O. The molecule has 148 valence electrons. The molecule has 1 aliphatic rings. The van der Waals surface area contributed by atoms with Gasteiger partial charge in [0.1, 0.15) is 0 Å². The van der Waals surface area contributed by atoms with E-state index >= 15 is 0 Å². The predicted octanol–water partition coefficient (Wildman–Crippen LogP) is 3.12. The third-order valence-electron chi connectivity index (χ3n) is 4.40. The van der Waals surface area contributed by atoms with Crippen LogP contribution in [-0.4, -0.2) is 63.3 Å². The van der Waals surface area contributed by atoms with E-state index in [1.165, 1.54) is 0 Å². The van der Waals surface area contributed by atoms with Crippen molar-refractivity contribution >= 4 is 41.5 Å². The minimum absolute atomic E-state index is 0. The smallest absolute Gasteiger partial charge is 0.191 e. The van der Waals surface area contributed by atoms with E-state index in [1.807, 2.05) is 18.2 Å². The first-order chi connectivity index (χ1) is 12.0. The SMILES string of the molecule is CCNC(=NCC(C)(C)c1ccccc1Cl)NCCN1CCOCC1.I. The minimum atomic E-state index is -0.120. The van der Waals surface area contributed by atoms with Crippen molar-refractivity contribution in [1.82, 2.24) is 15.5 Å². The number of nitrogens with zero attached hydrogens (tertiary/aromatic N) is 2. The molecule has 0 bridgehead atoms. The summed E-state index contributed by atoms with van der Waals surface area (Å²) in [4.78, 5) is 7.19. The monoisotopic (exact) mass is 494 g/mol. The van der Waals surface area contributed by atoms with Gasteiger partial charge in [-0.1, -0.05) is 43.6 Å². The van der Waals surface area contributed by atoms with Crippen LogP contribution in [0.4, 0.5) is 0 Å². The van der Waals surface area contributed by atoms with Crippen LogP contribution in [-0.2, 0) is 10.2 Å². The van der Waals surface area contributed by atoms with Gasteiger partial charge >= 0.3 is 0 Å². The van der Waals surface area contributed by atoms with Crippen LogP contribution in [0.25, 0.3) is 0 Å². The fraction of sp³-hybridized carbons (Fsp3) is 0.632. The third kappa shape index (κ3) is 7.58. The molecule has 0 saturated carbocycles. The van der Waals surface area contributed by atoms with Crippen LogP contribution in [0, 0.1) is 0 Å². The maximum atomic E-state index is 6.36. The van der Waals surface area contributed by atoms with Gasteiger partial charge in [0, 0.05) is 43.2 Å². The second kappa shape index (κ2) is 12.0. The van der Waals surface area contributed by atoms with Crippen molar-refractivity contribution in [3.8, 4) is 0 Å². The Balaban J connectivity index is 0.00000338. The van der Waals surface area contributed by atoms with Crippen molar-refractivity contribution in [2.45, 2.75) is 26.2 Å². The Labute approximate surface area is 179 Å². The van der Waals surface area contributed by atoms with Gasteiger partial charge in [0.2, 0.25) is 0 Å². The molecule has 7 heteroatoms. The first-order valence-corrected chi connectivity index (χ1v) is 9.48. The van der Waals surface area contributed by atoms with E-state index in [-0.39, 0.29) is 29.4 Å². The number of halogens is 2. The Bertz CT molecular complexity index is 562. The average molecular weight is 495 g/mol. The lowest BCUT2D eigenvalue weighted by Gasteiger charge is -2.27. The van der Waals surface area contributed by atoms with Crippen molar-refractivity contribution in [1.29, 1.82) is 0 Å². The third-order valence-corrected chi connectivity index (χ3v) is 4.73. The molecule has 1 aromatic rings. The Hall–Kier alpha value is -0.570. The summed E-state index contributed by atoms with van der Waals surface area (Å²) in [6.07, 6.45) is 0. The topological polar surface area (TPSA) is 48.9 Å². The normalized spacial score (nSPS) is 16.1. The maximum absolute atomic E-state index is 6.36. The molecule has 1 aliphatic heterocycles. The maximum Gasteiger partial charge on any atom is 0.191 e. The van der Waals surface area contributed by atoms with E-state index in [0.29, 0.717) is 6.54 Å². The van der Waals surface area contributed by atoms with Gasteiger partial charge in [-0.25, -0.2) is 0 Å². The van der Waals surface area contributed by atoms with E-state index in [1.54, 1.807) is 0 Å². The van der Waals surface area contributed by atoms with Crippen molar-refractivity contribution in [3.63, 3.8) is 0 Å². The molecule has 0 spiro atoms. The lowest BCUT2D eigenvalue weighted by atomic mass is 9.85. The highest BCUT2D eigenvalue weighted by Crippen LogP contribution is 2.29. The molecule has 26 heavy (non-hydrogen) atoms. The fourth-order valence-electron chi connectivity index (χ4n) is 2.87. The van der Waals surface area contributed by atoms with Gasteiger partial charge in [-0.15, -0.1) is 24.0 Å². The number of morpholine rings is 1. The second-order valence-corrected chi connectivity index (χ2v) is 7.35. The quantitative estimate of drug-likeness (QED) is 0.347. The number of guanidine groups is 1. The molecule has 5 nitrogen and oxygen atoms in total. The standard InChI is InChI=1S/C19H31ClN4O.HI/c1-4-21-18(22-9-10-24-11-13-25-14-12-24)23-15-19(2,3)16-7-5-6-8-17(16)20;/h5-8H,4,9-15H2,1-3H3,(H2,21,22,23);1H. The van der Waals surface area contributed by atoms with Gasteiger partial charge in [0.05, 0.1) is 19.8 Å². The molecule has 1 fully saturated rings. The van der Waals surface area contributed by atoms with E-state index in [4.69, 9.17) is 21.3 Å². The molecule has 0 aromatic heterocycles. The molecule has 0 atom stereocenters. The Morgan fingerprint density at radius 3 is 2.58 bits per heavy atom. The van der Waals surface area contributed by atoms with E-state index in [9.17, 15) is 0 Å². The predicted molar refractivity (Wildman–Crippen MR) is 121 cm³/mol. The summed E-state index contributed by atoms with van der Waals surface area (Å²) in [5.41, 5.74) is 1.01. The van der Waals surface area contributed by atoms with Gasteiger partial charge in [-0.05, 0) is 18.6 Å². The van der Waals surface area contributed by atoms with Crippen LogP contribution >= 0.6 is 35.6 Å². The number of aliphatic imine (C=N–C) groups is 1. The summed E-state index contributed by atoms with van der Waals surface area (Å²) < 4.78 is 5.38. The summed E-state index contributed by atoms with van der Waals surface area (Å²) in [5.74, 6) is 0.857. The summed E-state index contributed by atoms with van der Waals surface area (Å²) in [6, 6.07) is 8.01. The summed E-state index contributed by atoms with van der Waals surface area (Å²) in [7, 11) is 0. The highest BCUT2D eigenvalue weighted by Gasteiger charge is 2.23. The van der Waals surface area contributed by atoms with Gasteiger partial charge in [0.15, 0.2) is 5.96 Å². The van der Waals surface area contributed by atoms with Crippen LogP contribution in [0.1, 0.15) is 26.3 Å². The van der Waals surface area contributed by atoms with Gasteiger partial charge < -0.3 is 15.4 Å². The van der Waals surface area contributed by atoms with Crippen molar-refractivity contribution < 1.29 is 4.74 Å². The highest BCUT2D eigenvalue weighted by atomic mass is 127. The molecule has 2 N–H and O–H groups in total. The Morgan fingerprint density at radius 1 is 1.23 bits per heavy atom. The lowest BCUT2D eigenvalue weighted by molar-refractivity contribution is 0.0389. The molecule has 0 unspecified atom stereocenters. The van der Waals surface area contributed by atoms with Crippen LogP contribution in [0.2, 0.25) is 5.02 Å². The second-order valence-electron chi connectivity index (χ2n) is 6.94. The van der Waals surface area contributed by atoms with Crippen LogP contribution < -0.4 is 10.6 Å². The Kier molecular flexibility index (Phi) is 10.8. The van der Waals surface area contributed by atoms with Gasteiger partial charge in [-0.3, -0.25) is 9.89 Å². The Morgan fingerprint density at radius 2 is 1.92 bits per heavy atom. The zero-order valence-electron chi connectivity index (χ0n) is 16.1. The number of nitrogens with one attached hydrogen (secondary N) is 2. The lowest BCUT2D eigenvalue weighted by Crippen LogP contribution is -2.44. The minimum Gasteiger partial charge on any atom is -0.379 e. The van der Waals surface area contributed by atoms with E-state index < -0.39 is 0 Å². The van der Waals surface area contributed by atoms with Crippen LogP contribution in [0.15, 0.2) is 29.3 Å². The summed E-state index contributed by atoms with van der Waals surface area (Å²) >= 11 is 6.36. The molecule has 1 saturated heterocycles. The summed E-state index contributed by atoms with van der Waals surface area (Å²) in [6.45, 7) is 13.5. The van der Waals surface area contributed by atoms with Crippen molar-refractivity contribution in [3.05, 3.63) is 34.9 Å². The zero-order valence-corrected chi connectivity index (χ0v) is 19.1. The molecular weight excluding hydrogens is 463 g/mol. The van der Waals surface area contributed by atoms with E-state index in [2.05, 4.69) is 42.4 Å². The summed E-state index contributed by atoms with van der Waals surface area (Å²) in [5, 5.41) is 7.55. The molecule has 1 heterocycles.